The highest BCUT2D eigenvalue weighted by atomic mass is 35.5. The molecule has 0 fully saturated rings. The number of phenolic OH excluding ortho intramolecular Hbond substituents is 1. The van der Waals surface area contributed by atoms with Gasteiger partial charge in [0, 0.05) is 11.4 Å². The van der Waals surface area contributed by atoms with Gasteiger partial charge in [-0.15, -0.1) is 0 Å². The lowest BCUT2D eigenvalue weighted by Crippen LogP contribution is -2.43. The number of phenols is 1. The molecule has 0 aliphatic rings. The van der Waals surface area contributed by atoms with Crippen LogP contribution in [0.1, 0.15) is 11.1 Å². The van der Waals surface area contributed by atoms with Gasteiger partial charge in [0.15, 0.2) is 0 Å². The van der Waals surface area contributed by atoms with Crippen molar-refractivity contribution >= 4 is 23.7 Å². The van der Waals surface area contributed by atoms with Gasteiger partial charge in [-0.1, -0.05) is 35.9 Å². The van der Waals surface area contributed by atoms with Gasteiger partial charge in [-0.25, -0.2) is 9.59 Å². The SMILES string of the molecule is COC(=O)[C@H](Cc1ccc(O)cc1)NC(=O)OCc1ccc(Cl)cc1. The zero-order chi connectivity index (χ0) is 18.2. The first kappa shape index (κ1) is 18.6. The molecule has 2 N–H and O–H groups in total. The van der Waals surface area contributed by atoms with Crippen molar-refractivity contribution in [1.82, 2.24) is 5.32 Å². The van der Waals surface area contributed by atoms with Crippen LogP contribution in [-0.4, -0.2) is 30.3 Å². The van der Waals surface area contributed by atoms with E-state index in [2.05, 4.69) is 5.32 Å². The number of halogens is 1. The minimum atomic E-state index is -0.896. The standard InChI is InChI=1S/C18H18ClNO5/c1-24-17(22)16(10-12-4-8-15(21)9-5-12)20-18(23)25-11-13-2-6-14(19)7-3-13/h2-9,16,21H,10-11H2,1H3,(H,20,23)/t16-/m0/s1. The van der Waals surface area contributed by atoms with E-state index in [-0.39, 0.29) is 18.8 Å². The van der Waals surface area contributed by atoms with Gasteiger partial charge in [-0.3, -0.25) is 0 Å². The summed E-state index contributed by atoms with van der Waals surface area (Å²) in [6.07, 6.45) is -0.521. The molecule has 1 amide bonds. The zero-order valence-corrected chi connectivity index (χ0v) is 14.3. The van der Waals surface area contributed by atoms with E-state index in [1.54, 1.807) is 36.4 Å². The Bertz CT molecular complexity index is 715. The van der Waals surface area contributed by atoms with Crippen molar-refractivity contribution in [2.75, 3.05) is 7.11 Å². The van der Waals surface area contributed by atoms with Crippen molar-refractivity contribution in [3.63, 3.8) is 0 Å². The Balaban J connectivity index is 1.93. The van der Waals surface area contributed by atoms with E-state index >= 15 is 0 Å². The van der Waals surface area contributed by atoms with Crippen molar-refractivity contribution < 1.29 is 24.2 Å². The molecule has 0 saturated heterocycles. The third kappa shape index (κ3) is 6.00. The lowest BCUT2D eigenvalue weighted by molar-refractivity contribution is -0.143. The Morgan fingerprint density at radius 3 is 2.28 bits per heavy atom. The van der Waals surface area contributed by atoms with Crippen LogP contribution in [0.5, 0.6) is 5.75 Å². The topological polar surface area (TPSA) is 84.9 Å². The summed E-state index contributed by atoms with van der Waals surface area (Å²) in [7, 11) is 1.24. The molecule has 0 aliphatic carbocycles. The Labute approximate surface area is 150 Å². The minimum Gasteiger partial charge on any atom is -0.508 e. The van der Waals surface area contributed by atoms with E-state index < -0.39 is 18.1 Å². The van der Waals surface area contributed by atoms with Crippen LogP contribution < -0.4 is 5.32 Å². The second-order valence-electron chi connectivity index (χ2n) is 5.29. The van der Waals surface area contributed by atoms with E-state index in [1.807, 2.05) is 0 Å². The highest BCUT2D eigenvalue weighted by Crippen LogP contribution is 2.13. The first-order valence-electron chi connectivity index (χ1n) is 7.51. The van der Waals surface area contributed by atoms with Crippen LogP contribution in [0.25, 0.3) is 0 Å². The largest absolute Gasteiger partial charge is 0.508 e. The van der Waals surface area contributed by atoms with Gasteiger partial charge in [-0.05, 0) is 35.4 Å². The van der Waals surface area contributed by atoms with Gasteiger partial charge < -0.3 is 19.9 Å². The number of aromatic hydroxyl groups is 1. The molecule has 1 atom stereocenters. The fraction of sp³-hybridized carbons (Fsp3) is 0.222. The molecule has 0 aromatic heterocycles. The number of esters is 1. The molecular weight excluding hydrogens is 346 g/mol. The minimum absolute atomic E-state index is 0.0517. The Kier molecular flexibility index (Phi) is 6.65. The molecule has 0 radical (unpaired) electrons. The fourth-order valence-electron chi connectivity index (χ4n) is 2.12. The van der Waals surface area contributed by atoms with Gasteiger partial charge in [0.1, 0.15) is 18.4 Å². The predicted octanol–water partition coefficient (Wildman–Crippen LogP) is 3.06. The fourth-order valence-corrected chi connectivity index (χ4v) is 2.24. The van der Waals surface area contributed by atoms with Crippen molar-refractivity contribution in [3.05, 3.63) is 64.7 Å². The third-order valence-electron chi connectivity index (χ3n) is 3.44. The number of alkyl carbamates (subject to hydrolysis) is 1. The number of amides is 1. The van der Waals surface area contributed by atoms with Gasteiger partial charge >= 0.3 is 12.1 Å². The Morgan fingerprint density at radius 1 is 1.08 bits per heavy atom. The molecule has 2 aromatic rings. The average molecular weight is 364 g/mol. The summed E-state index contributed by atoms with van der Waals surface area (Å²) in [5, 5.41) is 12.4. The Morgan fingerprint density at radius 2 is 1.68 bits per heavy atom. The summed E-state index contributed by atoms with van der Waals surface area (Å²) in [6.45, 7) is 0.0517. The van der Waals surface area contributed by atoms with Crippen molar-refractivity contribution in [1.29, 1.82) is 0 Å². The number of carbonyl (C=O) groups excluding carboxylic acids is 2. The van der Waals surface area contributed by atoms with Crippen LogP contribution in [0.2, 0.25) is 5.02 Å². The van der Waals surface area contributed by atoms with E-state index in [1.165, 1.54) is 19.2 Å². The van der Waals surface area contributed by atoms with Gasteiger partial charge in [0.2, 0.25) is 0 Å². The lowest BCUT2D eigenvalue weighted by atomic mass is 10.1. The smallest absolute Gasteiger partial charge is 0.408 e. The molecule has 2 rings (SSSR count). The number of hydrogen-bond donors (Lipinski definition) is 2. The summed E-state index contributed by atoms with van der Waals surface area (Å²) >= 11 is 5.79. The molecule has 7 heteroatoms. The van der Waals surface area contributed by atoms with E-state index in [4.69, 9.17) is 21.1 Å². The maximum atomic E-state index is 12.0. The summed E-state index contributed by atoms with van der Waals surface area (Å²) < 4.78 is 9.82. The number of rotatable bonds is 6. The average Bonchev–Trinajstić information content (AvgIpc) is 2.62. The molecule has 2 aromatic carbocycles. The summed E-state index contributed by atoms with van der Waals surface area (Å²) in [4.78, 5) is 23.8. The van der Waals surface area contributed by atoms with Crippen LogP contribution in [0.4, 0.5) is 4.79 Å². The lowest BCUT2D eigenvalue weighted by Gasteiger charge is -2.16. The molecule has 0 heterocycles. The molecule has 0 spiro atoms. The number of carbonyl (C=O) groups is 2. The summed E-state index contributed by atoms with van der Waals surface area (Å²) in [5.41, 5.74) is 1.53. The number of methoxy groups -OCH3 is 1. The predicted molar refractivity (Wildman–Crippen MR) is 92.4 cm³/mol. The van der Waals surface area contributed by atoms with Crippen molar-refractivity contribution in [3.8, 4) is 5.75 Å². The molecule has 6 nitrogen and oxygen atoms in total. The van der Waals surface area contributed by atoms with Crippen LogP contribution >= 0.6 is 11.6 Å². The second-order valence-corrected chi connectivity index (χ2v) is 5.73. The number of benzene rings is 2. The van der Waals surface area contributed by atoms with E-state index in [0.717, 1.165) is 11.1 Å². The van der Waals surface area contributed by atoms with Crippen molar-refractivity contribution in [2.45, 2.75) is 19.1 Å². The monoisotopic (exact) mass is 363 g/mol. The first-order valence-corrected chi connectivity index (χ1v) is 7.89. The molecule has 0 aliphatic heterocycles. The maximum absolute atomic E-state index is 12.0. The molecule has 0 bridgehead atoms. The molecular formula is C18H18ClNO5. The maximum Gasteiger partial charge on any atom is 0.408 e. The highest BCUT2D eigenvalue weighted by molar-refractivity contribution is 6.30. The van der Waals surface area contributed by atoms with Gasteiger partial charge in [0.25, 0.3) is 0 Å². The number of hydrogen-bond acceptors (Lipinski definition) is 5. The van der Waals surface area contributed by atoms with Gasteiger partial charge in [0.05, 0.1) is 7.11 Å². The van der Waals surface area contributed by atoms with Gasteiger partial charge in [-0.2, -0.15) is 0 Å². The first-order chi connectivity index (χ1) is 12.0. The zero-order valence-electron chi connectivity index (χ0n) is 13.6. The Hall–Kier alpha value is -2.73. The number of ether oxygens (including phenoxy) is 2. The molecule has 0 unspecified atom stereocenters. The van der Waals surface area contributed by atoms with Crippen LogP contribution in [0.3, 0.4) is 0 Å². The van der Waals surface area contributed by atoms with Crippen LogP contribution in [0.15, 0.2) is 48.5 Å². The van der Waals surface area contributed by atoms with Crippen LogP contribution in [0, 0.1) is 0 Å². The van der Waals surface area contributed by atoms with Crippen LogP contribution in [-0.2, 0) is 27.3 Å². The second kappa shape index (κ2) is 8.94. The molecule has 25 heavy (non-hydrogen) atoms. The third-order valence-corrected chi connectivity index (χ3v) is 3.69. The normalized spacial score (nSPS) is 11.4. The van der Waals surface area contributed by atoms with E-state index in [9.17, 15) is 14.7 Å². The molecule has 0 saturated carbocycles. The summed E-state index contributed by atoms with van der Waals surface area (Å²) in [6, 6.07) is 12.3. The quantitative estimate of drug-likeness (QED) is 0.770. The summed E-state index contributed by atoms with van der Waals surface area (Å²) in [5.74, 6) is -0.467. The number of nitrogens with one attached hydrogen (secondary N) is 1. The van der Waals surface area contributed by atoms with E-state index in [0.29, 0.717) is 5.02 Å². The van der Waals surface area contributed by atoms with Crippen molar-refractivity contribution in [2.24, 2.45) is 0 Å². The highest BCUT2D eigenvalue weighted by Gasteiger charge is 2.22. The molecule has 132 valence electrons.